The molecule has 0 atom stereocenters. The van der Waals surface area contributed by atoms with Gasteiger partial charge in [0.1, 0.15) is 0 Å². The predicted octanol–water partition coefficient (Wildman–Crippen LogP) is 4.36. The van der Waals surface area contributed by atoms with Gasteiger partial charge in [-0.15, -0.1) is 0 Å². The van der Waals surface area contributed by atoms with Crippen LogP contribution < -0.4 is 16.0 Å². The van der Waals surface area contributed by atoms with Crippen LogP contribution in [0.2, 0.25) is 0 Å². The van der Waals surface area contributed by atoms with Crippen molar-refractivity contribution in [2.24, 2.45) is 0 Å². The van der Waals surface area contributed by atoms with Gasteiger partial charge in [-0.25, -0.2) is 0 Å². The van der Waals surface area contributed by atoms with Gasteiger partial charge in [-0.2, -0.15) is 0 Å². The van der Waals surface area contributed by atoms with Crippen molar-refractivity contribution in [1.29, 1.82) is 0 Å². The molecule has 170 valence electrons. The summed E-state index contributed by atoms with van der Waals surface area (Å²) in [6.07, 6.45) is 0.379. The number of carbonyl (C=O) groups excluding carboxylic acids is 3. The molecular weight excluding hydrogens is 416 g/mol. The highest BCUT2D eigenvalue weighted by molar-refractivity contribution is 5.97. The lowest BCUT2D eigenvalue weighted by Gasteiger charge is -2.18. The molecule has 0 saturated heterocycles. The molecule has 3 aromatic carbocycles. The summed E-state index contributed by atoms with van der Waals surface area (Å²) in [6.45, 7) is 2.32. The standard InChI is InChI=1S/C26H28N4O3/c1-3-24(31)28-22-13-8-14-23(16-22)29-25(32)17-27-21-12-7-11-20(15-21)26(33)30(2)18-19-9-5-4-6-10-19/h4-16,27H,3,17-18H2,1-2H3,(H,28,31)(H,29,32). The highest BCUT2D eigenvalue weighted by atomic mass is 16.2. The van der Waals surface area contributed by atoms with Crippen molar-refractivity contribution in [2.75, 3.05) is 29.5 Å². The molecule has 0 radical (unpaired) electrons. The molecule has 0 spiro atoms. The molecule has 0 bridgehead atoms. The predicted molar refractivity (Wildman–Crippen MR) is 131 cm³/mol. The van der Waals surface area contributed by atoms with Crippen molar-refractivity contribution in [3.05, 3.63) is 90.0 Å². The first-order chi connectivity index (χ1) is 15.9. The molecular formula is C26H28N4O3. The summed E-state index contributed by atoms with van der Waals surface area (Å²) in [6, 6.07) is 23.8. The minimum atomic E-state index is -0.244. The molecule has 3 N–H and O–H groups in total. The summed E-state index contributed by atoms with van der Waals surface area (Å²) in [5, 5.41) is 8.61. The Bertz CT molecular complexity index is 1120. The zero-order valence-corrected chi connectivity index (χ0v) is 18.8. The zero-order chi connectivity index (χ0) is 23.6. The summed E-state index contributed by atoms with van der Waals surface area (Å²) >= 11 is 0. The van der Waals surface area contributed by atoms with Crippen molar-refractivity contribution in [2.45, 2.75) is 19.9 Å². The molecule has 3 rings (SSSR count). The largest absolute Gasteiger partial charge is 0.376 e. The normalized spacial score (nSPS) is 10.2. The number of hydrogen-bond donors (Lipinski definition) is 3. The lowest BCUT2D eigenvalue weighted by Crippen LogP contribution is -2.26. The van der Waals surface area contributed by atoms with Crippen molar-refractivity contribution in [1.82, 2.24) is 4.90 Å². The van der Waals surface area contributed by atoms with Crippen LogP contribution in [0.25, 0.3) is 0 Å². The second kappa shape index (κ2) is 11.5. The van der Waals surface area contributed by atoms with Crippen LogP contribution in [0.15, 0.2) is 78.9 Å². The van der Waals surface area contributed by atoms with Crippen LogP contribution in [0, 0.1) is 0 Å². The van der Waals surface area contributed by atoms with Gasteiger partial charge in [0.2, 0.25) is 11.8 Å². The second-order valence-corrected chi connectivity index (χ2v) is 7.61. The quantitative estimate of drug-likeness (QED) is 0.457. The number of rotatable bonds is 9. The van der Waals surface area contributed by atoms with Crippen LogP contribution >= 0.6 is 0 Å². The number of nitrogens with zero attached hydrogens (tertiary/aromatic N) is 1. The van der Waals surface area contributed by atoms with E-state index in [2.05, 4.69) is 16.0 Å². The van der Waals surface area contributed by atoms with E-state index in [4.69, 9.17) is 0 Å². The van der Waals surface area contributed by atoms with Crippen LogP contribution in [-0.4, -0.2) is 36.2 Å². The van der Waals surface area contributed by atoms with Crippen LogP contribution in [-0.2, 0) is 16.1 Å². The fourth-order valence-corrected chi connectivity index (χ4v) is 3.22. The Morgan fingerprint density at radius 1 is 0.758 bits per heavy atom. The molecule has 0 fully saturated rings. The third-order valence-electron chi connectivity index (χ3n) is 4.92. The van der Waals surface area contributed by atoms with Crippen molar-refractivity contribution < 1.29 is 14.4 Å². The molecule has 0 unspecified atom stereocenters. The van der Waals surface area contributed by atoms with Crippen LogP contribution in [0.5, 0.6) is 0 Å². The average molecular weight is 445 g/mol. The number of hydrogen-bond acceptors (Lipinski definition) is 4. The molecule has 0 heterocycles. The van der Waals surface area contributed by atoms with Crippen molar-refractivity contribution >= 4 is 34.8 Å². The Kier molecular flexibility index (Phi) is 8.18. The maximum Gasteiger partial charge on any atom is 0.253 e. The zero-order valence-electron chi connectivity index (χ0n) is 18.8. The Morgan fingerprint density at radius 2 is 1.39 bits per heavy atom. The fraction of sp³-hybridized carbons (Fsp3) is 0.192. The number of benzene rings is 3. The molecule has 3 aromatic rings. The van der Waals surface area contributed by atoms with Gasteiger partial charge in [0.15, 0.2) is 0 Å². The monoisotopic (exact) mass is 444 g/mol. The Labute approximate surface area is 193 Å². The SMILES string of the molecule is CCC(=O)Nc1cccc(NC(=O)CNc2cccc(C(=O)N(C)Cc3ccccc3)c2)c1. The van der Waals surface area contributed by atoms with Crippen molar-refractivity contribution in [3.8, 4) is 0 Å². The van der Waals surface area contributed by atoms with E-state index in [0.717, 1.165) is 5.56 Å². The molecule has 0 aliphatic rings. The molecule has 3 amide bonds. The molecule has 0 saturated carbocycles. The Hall–Kier alpha value is -4.13. The highest BCUT2D eigenvalue weighted by Gasteiger charge is 2.13. The van der Waals surface area contributed by atoms with Gasteiger partial charge in [-0.3, -0.25) is 14.4 Å². The number of carbonyl (C=O) groups is 3. The van der Waals surface area contributed by atoms with E-state index in [0.29, 0.717) is 35.6 Å². The lowest BCUT2D eigenvalue weighted by atomic mass is 10.1. The average Bonchev–Trinajstić information content (AvgIpc) is 2.83. The number of amides is 3. The van der Waals surface area contributed by atoms with Gasteiger partial charge in [0, 0.05) is 42.6 Å². The van der Waals surface area contributed by atoms with Gasteiger partial charge in [-0.05, 0) is 42.0 Å². The Morgan fingerprint density at radius 3 is 2.09 bits per heavy atom. The summed E-state index contributed by atoms with van der Waals surface area (Å²) in [5.74, 6) is -0.436. The maximum atomic E-state index is 12.8. The van der Waals surface area contributed by atoms with Gasteiger partial charge >= 0.3 is 0 Å². The first-order valence-corrected chi connectivity index (χ1v) is 10.8. The molecule has 33 heavy (non-hydrogen) atoms. The number of nitrogens with one attached hydrogen (secondary N) is 3. The van der Waals surface area contributed by atoms with Crippen LogP contribution in [0.4, 0.5) is 17.1 Å². The van der Waals surface area contributed by atoms with E-state index >= 15 is 0 Å². The topological polar surface area (TPSA) is 90.5 Å². The summed E-state index contributed by atoms with van der Waals surface area (Å²) in [7, 11) is 1.76. The first kappa shape index (κ1) is 23.5. The van der Waals surface area contributed by atoms with E-state index in [1.165, 1.54) is 0 Å². The summed E-state index contributed by atoms with van der Waals surface area (Å²) < 4.78 is 0. The first-order valence-electron chi connectivity index (χ1n) is 10.8. The van der Waals surface area contributed by atoms with E-state index in [1.54, 1.807) is 61.3 Å². The second-order valence-electron chi connectivity index (χ2n) is 7.61. The van der Waals surface area contributed by atoms with E-state index in [1.807, 2.05) is 36.4 Å². The molecule has 0 aromatic heterocycles. The van der Waals surface area contributed by atoms with Gasteiger partial charge in [0.25, 0.3) is 5.91 Å². The summed E-state index contributed by atoms with van der Waals surface area (Å²) in [4.78, 5) is 38.4. The molecule has 7 heteroatoms. The third kappa shape index (κ3) is 7.21. The molecule has 0 aliphatic carbocycles. The third-order valence-corrected chi connectivity index (χ3v) is 4.92. The van der Waals surface area contributed by atoms with E-state index in [9.17, 15) is 14.4 Å². The van der Waals surface area contributed by atoms with Gasteiger partial charge in [0.05, 0.1) is 6.54 Å². The van der Waals surface area contributed by atoms with Crippen molar-refractivity contribution in [3.63, 3.8) is 0 Å². The van der Waals surface area contributed by atoms with Crippen LogP contribution in [0.3, 0.4) is 0 Å². The smallest absolute Gasteiger partial charge is 0.253 e. The van der Waals surface area contributed by atoms with Crippen LogP contribution in [0.1, 0.15) is 29.3 Å². The minimum Gasteiger partial charge on any atom is -0.376 e. The van der Waals surface area contributed by atoms with E-state index in [-0.39, 0.29) is 24.3 Å². The molecule has 7 nitrogen and oxygen atoms in total. The minimum absolute atomic E-state index is 0.0308. The maximum absolute atomic E-state index is 12.8. The van der Waals surface area contributed by atoms with Gasteiger partial charge < -0.3 is 20.9 Å². The van der Waals surface area contributed by atoms with E-state index < -0.39 is 0 Å². The molecule has 0 aliphatic heterocycles. The number of anilines is 3. The summed E-state index contributed by atoms with van der Waals surface area (Å²) in [5.41, 5.74) is 3.48. The lowest BCUT2D eigenvalue weighted by molar-refractivity contribution is -0.116. The Balaban J connectivity index is 1.55. The fourth-order valence-electron chi connectivity index (χ4n) is 3.22. The van der Waals surface area contributed by atoms with Gasteiger partial charge in [-0.1, -0.05) is 49.4 Å². The highest BCUT2D eigenvalue weighted by Crippen LogP contribution is 2.16.